The van der Waals surface area contributed by atoms with Gasteiger partial charge in [0.1, 0.15) is 11.0 Å². The van der Waals surface area contributed by atoms with E-state index < -0.39 is 0 Å². The zero-order valence-corrected chi connectivity index (χ0v) is 9.74. The second-order valence-electron chi connectivity index (χ2n) is 2.85. The van der Waals surface area contributed by atoms with Crippen LogP contribution in [-0.4, -0.2) is 28.5 Å². The van der Waals surface area contributed by atoms with E-state index in [1.807, 2.05) is 11.8 Å². The zero-order valence-electron chi connectivity index (χ0n) is 8.16. The van der Waals surface area contributed by atoms with Crippen LogP contribution in [0, 0.1) is 0 Å². The highest BCUT2D eigenvalue weighted by molar-refractivity contribution is 7.98. The number of thioether (sulfide) groups is 1. The van der Waals surface area contributed by atoms with Crippen molar-refractivity contribution >= 4 is 29.2 Å². The minimum Gasteiger partial charge on any atom is -0.369 e. The molecule has 0 unspecified atom stereocenters. The van der Waals surface area contributed by atoms with E-state index in [-0.39, 0.29) is 0 Å². The number of rotatable bonds is 6. The maximum absolute atomic E-state index is 5.69. The van der Waals surface area contributed by atoms with Crippen molar-refractivity contribution in [1.29, 1.82) is 0 Å². The summed E-state index contributed by atoms with van der Waals surface area (Å²) in [5, 5.41) is 3.61. The van der Waals surface area contributed by atoms with Crippen LogP contribution in [0.25, 0.3) is 0 Å². The molecular weight excluding hydrogens is 218 g/mol. The van der Waals surface area contributed by atoms with Crippen molar-refractivity contribution in [3.63, 3.8) is 0 Å². The molecule has 1 aromatic heterocycles. The average Bonchev–Trinajstić information content (AvgIpc) is 2.18. The first kappa shape index (κ1) is 11.6. The molecule has 0 aliphatic carbocycles. The van der Waals surface area contributed by atoms with E-state index in [4.69, 9.17) is 11.6 Å². The van der Waals surface area contributed by atoms with Crippen LogP contribution < -0.4 is 5.32 Å². The number of nitrogens with one attached hydrogen (secondary N) is 1. The van der Waals surface area contributed by atoms with Gasteiger partial charge in [0.25, 0.3) is 0 Å². The highest BCUT2D eigenvalue weighted by Gasteiger charge is 1.94. The Kier molecular flexibility index (Phi) is 5.71. The molecule has 0 saturated carbocycles. The monoisotopic (exact) mass is 231 g/mol. The van der Waals surface area contributed by atoms with Crippen LogP contribution in [0.15, 0.2) is 12.4 Å². The summed E-state index contributed by atoms with van der Waals surface area (Å²) in [4.78, 5) is 8.02. The fraction of sp³-hybridized carbons (Fsp3) is 0.556. The predicted molar refractivity (Wildman–Crippen MR) is 63.1 cm³/mol. The molecule has 0 aliphatic heterocycles. The van der Waals surface area contributed by atoms with E-state index in [2.05, 4.69) is 21.5 Å². The Balaban J connectivity index is 2.18. The quantitative estimate of drug-likeness (QED) is 0.764. The van der Waals surface area contributed by atoms with E-state index in [0.717, 1.165) is 18.8 Å². The van der Waals surface area contributed by atoms with Crippen molar-refractivity contribution in [1.82, 2.24) is 9.97 Å². The summed E-state index contributed by atoms with van der Waals surface area (Å²) >= 11 is 7.56. The number of nitrogens with zero attached hydrogens (tertiary/aromatic N) is 2. The van der Waals surface area contributed by atoms with Crippen LogP contribution in [0.5, 0.6) is 0 Å². The standard InChI is InChI=1S/C9H14ClN3S/c1-14-5-3-2-4-12-9-7-11-6-8(10)13-9/h6-7H,2-5H2,1H3,(H,12,13). The predicted octanol–water partition coefficient (Wildman–Crippen LogP) is 2.69. The largest absolute Gasteiger partial charge is 0.369 e. The highest BCUT2D eigenvalue weighted by atomic mass is 35.5. The molecule has 0 saturated heterocycles. The third-order valence-corrected chi connectivity index (χ3v) is 2.57. The lowest BCUT2D eigenvalue weighted by Crippen LogP contribution is -2.03. The van der Waals surface area contributed by atoms with E-state index in [1.54, 1.807) is 6.20 Å². The smallest absolute Gasteiger partial charge is 0.149 e. The summed E-state index contributed by atoms with van der Waals surface area (Å²) < 4.78 is 0. The molecule has 0 atom stereocenters. The Labute approximate surface area is 93.7 Å². The molecule has 0 fully saturated rings. The van der Waals surface area contributed by atoms with Crippen LogP contribution in [0.2, 0.25) is 5.15 Å². The Morgan fingerprint density at radius 2 is 2.29 bits per heavy atom. The lowest BCUT2D eigenvalue weighted by atomic mass is 10.3. The molecule has 1 N–H and O–H groups in total. The van der Waals surface area contributed by atoms with Crippen molar-refractivity contribution in [2.75, 3.05) is 23.9 Å². The van der Waals surface area contributed by atoms with Gasteiger partial charge in [0.05, 0.1) is 12.4 Å². The van der Waals surface area contributed by atoms with Gasteiger partial charge in [-0.15, -0.1) is 0 Å². The van der Waals surface area contributed by atoms with Gasteiger partial charge >= 0.3 is 0 Å². The Morgan fingerprint density at radius 1 is 1.43 bits per heavy atom. The minimum absolute atomic E-state index is 0.430. The van der Waals surface area contributed by atoms with Gasteiger partial charge in [-0.1, -0.05) is 11.6 Å². The van der Waals surface area contributed by atoms with Crippen LogP contribution >= 0.6 is 23.4 Å². The zero-order chi connectivity index (χ0) is 10.2. The molecule has 1 heterocycles. The van der Waals surface area contributed by atoms with Crippen LogP contribution in [0.4, 0.5) is 5.82 Å². The maximum atomic E-state index is 5.69. The second-order valence-corrected chi connectivity index (χ2v) is 4.23. The van der Waals surface area contributed by atoms with E-state index in [0.29, 0.717) is 5.15 Å². The third-order valence-electron chi connectivity index (χ3n) is 1.69. The van der Waals surface area contributed by atoms with Crippen LogP contribution in [0.1, 0.15) is 12.8 Å². The first-order valence-electron chi connectivity index (χ1n) is 4.53. The third kappa shape index (κ3) is 4.67. The van der Waals surface area contributed by atoms with Gasteiger partial charge in [0, 0.05) is 6.54 Å². The highest BCUT2D eigenvalue weighted by Crippen LogP contribution is 2.07. The molecule has 0 amide bonds. The topological polar surface area (TPSA) is 37.8 Å². The molecule has 14 heavy (non-hydrogen) atoms. The fourth-order valence-electron chi connectivity index (χ4n) is 1.02. The molecule has 0 bridgehead atoms. The second kappa shape index (κ2) is 6.90. The van der Waals surface area contributed by atoms with Crippen LogP contribution in [0.3, 0.4) is 0 Å². The Bertz CT molecular complexity index is 270. The molecule has 1 rings (SSSR count). The van der Waals surface area contributed by atoms with E-state index in [9.17, 15) is 0 Å². The van der Waals surface area contributed by atoms with Gasteiger partial charge < -0.3 is 5.32 Å². The van der Waals surface area contributed by atoms with Crippen molar-refractivity contribution in [3.8, 4) is 0 Å². The fourth-order valence-corrected chi connectivity index (χ4v) is 1.66. The lowest BCUT2D eigenvalue weighted by molar-refractivity contribution is 0.839. The normalized spacial score (nSPS) is 10.1. The van der Waals surface area contributed by atoms with Crippen molar-refractivity contribution in [3.05, 3.63) is 17.5 Å². The Hall–Kier alpha value is -0.480. The molecule has 5 heteroatoms. The number of hydrogen-bond acceptors (Lipinski definition) is 4. The van der Waals surface area contributed by atoms with Gasteiger partial charge in [-0.3, -0.25) is 4.98 Å². The van der Waals surface area contributed by atoms with Gasteiger partial charge in [0.2, 0.25) is 0 Å². The molecule has 78 valence electrons. The number of unbranched alkanes of at least 4 members (excludes halogenated alkanes) is 1. The lowest BCUT2D eigenvalue weighted by Gasteiger charge is -2.04. The SMILES string of the molecule is CSCCCCNc1cncc(Cl)n1. The summed E-state index contributed by atoms with van der Waals surface area (Å²) in [6.07, 6.45) is 7.70. The summed E-state index contributed by atoms with van der Waals surface area (Å²) in [6.45, 7) is 0.926. The van der Waals surface area contributed by atoms with Crippen molar-refractivity contribution in [2.45, 2.75) is 12.8 Å². The molecule has 3 nitrogen and oxygen atoms in total. The summed E-state index contributed by atoms with van der Waals surface area (Å²) in [5.41, 5.74) is 0. The molecule has 0 aromatic carbocycles. The van der Waals surface area contributed by atoms with Gasteiger partial charge in [0.15, 0.2) is 0 Å². The van der Waals surface area contributed by atoms with E-state index in [1.165, 1.54) is 18.4 Å². The summed E-state index contributed by atoms with van der Waals surface area (Å²) in [6, 6.07) is 0. The average molecular weight is 232 g/mol. The maximum Gasteiger partial charge on any atom is 0.149 e. The Morgan fingerprint density at radius 3 is 3.00 bits per heavy atom. The van der Waals surface area contributed by atoms with Crippen molar-refractivity contribution < 1.29 is 0 Å². The number of anilines is 1. The first-order valence-corrected chi connectivity index (χ1v) is 6.30. The van der Waals surface area contributed by atoms with Gasteiger partial charge in [-0.05, 0) is 24.9 Å². The van der Waals surface area contributed by atoms with Crippen molar-refractivity contribution in [2.24, 2.45) is 0 Å². The van der Waals surface area contributed by atoms with Gasteiger partial charge in [-0.25, -0.2) is 4.98 Å². The summed E-state index contributed by atoms with van der Waals surface area (Å²) in [7, 11) is 0. The molecule has 0 radical (unpaired) electrons. The van der Waals surface area contributed by atoms with Crippen LogP contribution in [-0.2, 0) is 0 Å². The number of halogens is 1. The van der Waals surface area contributed by atoms with E-state index >= 15 is 0 Å². The number of aromatic nitrogens is 2. The minimum atomic E-state index is 0.430. The first-order chi connectivity index (χ1) is 6.83. The van der Waals surface area contributed by atoms with Gasteiger partial charge in [-0.2, -0.15) is 11.8 Å². The summed E-state index contributed by atoms with van der Waals surface area (Å²) in [5.74, 6) is 1.96. The molecular formula is C9H14ClN3S. The molecule has 0 aliphatic rings. The molecule has 0 spiro atoms. The molecule has 1 aromatic rings. The number of hydrogen-bond donors (Lipinski definition) is 1.